The summed E-state index contributed by atoms with van der Waals surface area (Å²) < 4.78 is 0. The zero-order valence-corrected chi connectivity index (χ0v) is 16.0. The second-order valence-electron chi connectivity index (χ2n) is 5.63. The van der Waals surface area contributed by atoms with Gasteiger partial charge in [0.2, 0.25) is 0 Å². The third-order valence-electron chi connectivity index (χ3n) is 3.83. The first-order valence-corrected chi connectivity index (χ1v) is 9.03. The summed E-state index contributed by atoms with van der Waals surface area (Å²) in [5.74, 6) is 0.675. The van der Waals surface area contributed by atoms with Crippen molar-refractivity contribution in [3.8, 4) is 0 Å². The van der Waals surface area contributed by atoms with Gasteiger partial charge in [-0.1, -0.05) is 12.1 Å². The van der Waals surface area contributed by atoms with Crippen molar-refractivity contribution >= 4 is 23.2 Å². The Morgan fingerprint density at radius 1 is 1.28 bits per heavy atom. The molecule has 134 valence electrons. The number of amides is 1. The van der Waals surface area contributed by atoms with E-state index in [2.05, 4.69) is 32.9 Å². The normalized spacial score (nSPS) is 11.3. The third-order valence-corrected chi connectivity index (χ3v) is 4.90. The molecule has 1 aromatic heterocycles. The van der Waals surface area contributed by atoms with Gasteiger partial charge in [0, 0.05) is 31.1 Å². The Labute approximate surface area is 152 Å². The molecule has 25 heavy (non-hydrogen) atoms. The zero-order chi connectivity index (χ0) is 18.2. The number of hydrogen-bond donors (Lipinski definition) is 3. The van der Waals surface area contributed by atoms with E-state index in [1.807, 2.05) is 31.2 Å². The van der Waals surface area contributed by atoms with Crippen LogP contribution in [0.15, 0.2) is 29.3 Å². The number of guanidine groups is 1. The zero-order valence-electron chi connectivity index (χ0n) is 15.1. The van der Waals surface area contributed by atoms with Gasteiger partial charge in [0.05, 0.1) is 12.2 Å². The number of aromatic nitrogens is 1. The van der Waals surface area contributed by atoms with Gasteiger partial charge >= 0.3 is 0 Å². The fraction of sp³-hybridized carbons (Fsp3) is 0.389. The maximum absolute atomic E-state index is 11.7. The Bertz CT molecular complexity index is 734. The van der Waals surface area contributed by atoms with Crippen LogP contribution in [0, 0.1) is 13.8 Å². The van der Waals surface area contributed by atoms with Crippen LogP contribution in [0.3, 0.4) is 0 Å². The van der Waals surface area contributed by atoms with Gasteiger partial charge in [0.25, 0.3) is 5.91 Å². The van der Waals surface area contributed by atoms with Crippen LogP contribution in [0.2, 0.25) is 0 Å². The largest absolute Gasteiger partial charge is 0.356 e. The van der Waals surface area contributed by atoms with Gasteiger partial charge in [-0.2, -0.15) is 0 Å². The lowest BCUT2D eigenvalue weighted by Gasteiger charge is -2.11. The number of rotatable bonds is 6. The molecule has 2 aromatic rings. The molecule has 2 rings (SSSR count). The average Bonchev–Trinajstić information content (AvgIpc) is 2.95. The fourth-order valence-electron chi connectivity index (χ4n) is 2.33. The molecule has 6 nitrogen and oxygen atoms in total. The standard InChI is InChI=1S/C18H25N5OS/c1-12-13(2)25-16(23-12)11-22-18(20-4)21-9-8-14-6-5-7-15(10-14)17(24)19-3/h5-7,10H,8-9,11H2,1-4H3,(H,19,24)(H2,20,21,22). The van der Waals surface area contributed by atoms with Crippen molar-refractivity contribution < 1.29 is 4.79 Å². The minimum Gasteiger partial charge on any atom is -0.356 e. The average molecular weight is 359 g/mol. The summed E-state index contributed by atoms with van der Waals surface area (Å²) >= 11 is 1.70. The molecule has 0 fully saturated rings. The molecule has 0 unspecified atom stereocenters. The first kappa shape index (κ1) is 18.9. The summed E-state index contributed by atoms with van der Waals surface area (Å²) in [4.78, 5) is 21.7. The first-order chi connectivity index (χ1) is 12.0. The SMILES string of the molecule is CN=C(NCCc1cccc(C(=O)NC)c1)NCc1nc(C)c(C)s1. The molecule has 0 radical (unpaired) electrons. The molecule has 1 amide bonds. The van der Waals surface area contributed by atoms with Crippen LogP contribution in [0.1, 0.15) is 31.5 Å². The Balaban J connectivity index is 1.82. The van der Waals surface area contributed by atoms with Crippen molar-refractivity contribution in [2.75, 3.05) is 20.6 Å². The summed E-state index contributed by atoms with van der Waals surface area (Å²) in [6.45, 7) is 5.49. The van der Waals surface area contributed by atoms with Crippen LogP contribution in [0.5, 0.6) is 0 Å². The molecule has 1 aromatic carbocycles. The summed E-state index contributed by atoms with van der Waals surface area (Å²) in [7, 11) is 3.39. The highest BCUT2D eigenvalue weighted by atomic mass is 32.1. The number of carbonyl (C=O) groups is 1. The molecule has 3 N–H and O–H groups in total. The molecule has 0 saturated carbocycles. The lowest BCUT2D eigenvalue weighted by Crippen LogP contribution is -2.37. The number of hydrogen-bond acceptors (Lipinski definition) is 4. The Morgan fingerprint density at radius 2 is 2.08 bits per heavy atom. The van der Waals surface area contributed by atoms with Gasteiger partial charge in [-0.05, 0) is 38.0 Å². The Morgan fingerprint density at radius 3 is 2.72 bits per heavy atom. The van der Waals surface area contributed by atoms with E-state index in [0.717, 1.165) is 35.2 Å². The van der Waals surface area contributed by atoms with E-state index in [1.54, 1.807) is 25.4 Å². The molecule has 0 saturated heterocycles. The number of aliphatic imine (C=N–C) groups is 1. The molecule has 0 atom stereocenters. The molecule has 7 heteroatoms. The number of thiazole rings is 1. The van der Waals surface area contributed by atoms with E-state index in [-0.39, 0.29) is 5.91 Å². The van der Waals surface area contributed by atoms with E-state index in [0.29, 0.717) is 12.1 Å². The van der Waals surface area contributed by atoms with Crippen molar-refractivity contribution in [2.24, 2.45) is 4.99 Å². The quantitative estimate of drug-likeness (QED) is 0.545. The maximum Gasteiger partial charge on any atom is 0.251 e. The molecule has 1 heterocycles. The van der Waals surface area contributed by atoms with E-state index >= 15 is 0 Å². The van der Waals surface area contributed by atoms with Crippen molar-refractivity contribution in [1.29, 1.82) is 0 Å². The van der Waals surface area contributed by atoms with Crippen molar-refractivity contribution in [1.82, 2.24) is 20.9 Å². The molecule has 0 spiro atoms. The van der Waals surface area contributed by atoms with E-state index in [9.17, 15) is 4.79 Å². The molecule has 0 aliphatic rings. The highest BCUT2D eigenvalue weighted by Crippen LogP contribution is 2.15. The van der Waals surface area contributed by atoms with Gasteiger partial charge in [0.1, 0.15) is 5.01 Å². The topological polar surface area (TPSA) is 78.4 Å². The van der Waals surface area contributed by atoms with E-state index in [4.69, 9.17) is 0 Å². The first-order valence-electron chi connectivity index (χ1n) is 8.22. The fourth-order valence-corrected chi connectivity index (χ4v) is 3.21. The van der Waals surface area contributed by atoms with Crippen molar-refractivity contribution in [3.63, 3.8) is 0 Å². The predicted octanol–water partition coefficient (Wildman–Crippen LogP) is 2.03. The Hall–Kier alpha value is -2.41. The lowest BCUT2D eigenvalue weighted by atomic mass is 10.1. The monoisotopic (exact) mass is 359 g/mol. The smallest absolute Gasteiger partial charge is 0.251 e. The second kappa shape index (κ2) is 9.17. The van der Waals surface area contributed by atoms with Gasteiger partial charge < -0.3 is 16.0 Å². The molecular weight excluding hydrogens is 334 g/mol. The summed E-state index contributed by atoms with van der Waals surface area (Å²) in [5, 5.41) is 10.3. The minimum absolute atomic E-state index is 0.0682. The highest BCUT2D eigenvalue weighted by molar-refractivity contribution is 7.11. The van der Waals surface area contributed by atoms with Crippen LogP contribution in [-0.4, -0.2) is 37.5 Å². The van der Waals surface area contributed by atoms with E-state index in [1.165, 1.54) is 4.88 Å². The molecule has 0 aliphatic heterocycles. The number of aryl methyl sites for hydroxylation is 2. The third kappa shape index (κ3) is 5.56. The van der Waals surface area contributed by atoms with Gasteiger partial charge in [-0.25, -0.2) is 4.98 Å². The number of nitrogens with one attached hydrogen (secondary N) is 3. The van der Waals surface area contributed by atoms with Crippen molar-refractivity contribution in [3.05, 3.63) is 51.0 Å². The van der Waals surface area contributed by atoms with Crippen LogP contribution in [-0.2, 0) is 13.0 Å². The molecule has 0 aliphatic carbocycles. The van der Waals surface area contributed by atoms with Crippen LogP contribution < -0.4 is 16.0 Å². The second-order valence-corrected chi connectivity index (χ2v) is 6.92. The minimum atomic E-state index is -0.0682. The Kier molecular flexibility index (Phi) is 6.94. The van der Waals surface area contributed by atoms with Gasteiger partial charge in [-0.3, -0.25) is 9.79 Å². The summed E-state index contributed by atoms with van der Waals surface area (Å²) in [5.41, 5.74) is 2.87. The van der Waals surface area contributed by atoms with Gasteiger partial charge in [0.15, 0.2) is 5.96 Å². The maximum atomic E-state index is 11.7. The van der Waals surface area contributed by atoms with Crippen LogP contribution >= 0.6 is 11.3 Å². The summed E-state index contributed by atoms with van der Waals surface area (Å²) in [6, 6.07) is 7.65. The number of nitrogens with zero attached hydrogens (tertiary/aromatic N) is 2. The number of benzene rings is 1. The lowest BCUT2D eigenvalue weighted by molar-refractivity contribution is 0.0963. The van der Waals surface area contributed by atoms with Crippen LogP contribution in [0.25, 0.3) is 0 Å². The van der Waals surface area contributed by atoms with E-state index < -0.39 is 0 Å². The summed E-state index contributed by atoms with van der Waals surface area (Å²) in [6.07, 6.45) is 0.807. The molecular formula is C18H25N5OS. The van der Waals surface area contributed by atoms with Crippen molar-refractivity contribution in [2.45, 2.75) is 26.8 Å². The van der Waals surface area contributed by atoms with Crippen LogP contribution in [0.4, 0.5) is 0 Å². The number of carbonyl (C=O) groups excluding carboxylic acids is 1. The van der Waals surface area contributed by atoms with Gasteiger partial charge in [-0.15, -0.1) is 11.3 Å². The predicted molar refractivity (Wildman–Crippen MR) is 103 cm³/mol. The molecule has 0 bridgehead atoms. The highest BCUT2D eigenvalue weighted by Gasteiger charge is 2.06.